The van der Waals surface area contributed by atoms with Crippen LogP contribution in [0.2, 0.25) is 0 Å². The second-order valence-corrected chi connectivity index (χ2v) is 7.90. The molecule has 0 N–H and O–H groups in total. The second-order valence-electron chi connectivity index (χ2n) is 6.91. The van der Waals surface area contributed by atoms with Crippen molar-refractivity contribution in [3.05, 3.63) is 53.3 Å². The summed E-state index contributed by atoms with van der Waals surface area (Å²) in [4.78, 5) is 3.11. The molecule has 4 aromatic rings. The molecule has 0 unspecified atom stereocenters. The van der Waals surface area contributed by atoms with Crippen molar-refractivity contribution < 1.29 is 9.47 Å². The molecule has 0 radical (unpaired) electrons. The van der Waals surface area contributed by atoms with E-state index in [9.17, 15) is 0 Å². The number of nitrogens with zero attached hydrogens (tertiary/aromatic N) is 5. The first-order chi connectivity index (χ1) is 13.8. The van der Waals surface area contributed by atoms with Gasteiger partial charge in [-0.1, -0.05) is 41.7 Å². The second kappa shape index (κ2) is 7.46. The molecular weight excluding hydrogens is 374 g/mol. The molecule has 28 heavy (non-hydrogen) atoms. The molecule has 1 aliphatic heterocycles. The van der Waals surface area contributed by atoms with Gasteiger partial charge in [-0.25, -0.2) is 0 Å². The summed E-state index contributed by atoms with van der Waals surface area (Å²) in [5.74, 6) is 1.70. The summed E-state index contributed by atoms with van der Waals surface area (Å²) in [5, 5.41) is 16.6. The molecule has 144 valence electrons. The summed E-state index contributed by atoms with van der Waals surface area (Å²) in [6.07, 6.45) is -0.163. The first-order valence-corrected chi connectivity index (χ1v) is 10.2. The predicted molar refractivity (Wildman–Crippen MR) is 108 cm³/mol. The Bertz CT molecular complexity index is 1100. The lowest BCUT2D eigenvalue weighted by Crippen LogP contribution is -2.36. The van der Waals surface area contributed by atoms with Gasteiger partial charge in [0.2, 0.25) is 4.96 Å². The summed E-state index contributed by atoms with van der Waals surface area (Å²) < 4.78 is 13.4. The van der Waals surface area contributed by atoms with Crippen molar-refractivity contribution in [3.63, 3.8) is 0 Å². The van der Waals surface area contributed by atoms with E-state index in [4.69, 9.17) is 14.6 Å². The maximum absolute atomic E-state index is 6.16. The lowest BCUT2D eigenvalue weighted by molar-refractivity contribution is 0.0328. The van der Waals surface area contributed by atoms with Crippen molar-refractivity contribution in [2.45, 2.75) is 19.6 Å². The molecule has 0 bridgehead atoms. The van der Waals surface area contributed by atoms with Gasteiger partial charge in [0.25, 0.3) is 0 Å². The summed E-state index contributed by atoms with van der Waals surface area (Å²) in [5.41, 5.74) is 0. The molecule has 0 spiro atoms. The van der Waals surface area contributed by atoms with E-state index in [-0.39, 0.29) is 6.10 Å². The van der Waals surface area contributed by atoms with Gasteiger partial charge in [-0.3, -0.25) is 4.90 Å². The topological polar surface area (TPSA) is 64.8 Å². The molecule has 1 saturated heterocycles. The van der Waals surface area contributed by atoms with Gasteiger partial charge in [0.1, 0.15) is 11.9 Å². The van der Waals surface area contributed by atoms with Gasteiger partial charge in [-0.05, 0) is 29.8 Å². The molecule has 8 heteroatoms. The van der Waals surface area contributed by atoms with Crippen molar-refractivity contribution in [1.29, 1.82) is 0 Å². The van der Waals surface area contributed by atoms with Gasteiger partial charge in [0.05, 0.1) is 19.8 Å². The molecule has 0 aliphatic carbocycles. The van der Waals surface area contributed by atoms with Crippen LogP contribution >= 0.6 is 11.3 Å². The van der Waals surface area contributed by atoms with E-state index in [1.165, 1.54) is 16.7 Å². The van der Waals surface area contributed by atoms with E-state index in [1.54, 1.807) is 0 Å². The fourth-order valence-electron chi connectivity index (χ4n) is 3.39. The lowest BCUT2D eigenvalue weighted by atomic mass is 10.1. The van der Waals surface area contributed by atoms with E-state index < -0.39 is 0 Å². The largest absolute Gasteiger partial charge is 0.483 e. The molecule has 3 heterocycles. The highest BCUT2D eigenvalue weighted by Crippen LogP contribution is 2.28. The number of ether oxygens (including phenoxy) is 2. The molecular formula is C20H21N5O2S. The normalized spacial score (nSPS) is 16.6. The van der Waals surface area contributed by atoms with Crippen molar-refractivity contribution in [2.24, 2.45) is 0 Å². The fourth-order valence-corrected chi connectivity index (χ4v) is 4.23. The van der Waals surface area contributed by atoms with Gasteiger partial charge in [-0.15, -0.1) is 10.2 Å². The first kappa shape index (κ1) is 17.5. The molecule has 0 saturated carbocycles. The standard InChI is InChI=1S/C20H21N5O2S/c1-14(27-17-7-6-15-4-2-3-5-16(15)12-17)19-23-25-18(21-22-20(25)28-19)13-24-8-10-26-11-9-24/h2-7,12,14H,8-11,13H2,1H3/t14-/m0/s1. The molecule has 2 aromatic carbocycles. The van der Waals surface area contributed by atoms with Crippen LogP contribution in [-0.4, -0.2) is 51.0 Å². The average Bonchev–Trinajstić information content (AvgIpc) is 3.31. The van der Waals surface area contributed by atoms with Crippen molar-refractivity contribution in [1.82, 2.24) is 24.7 Å². The SMILES string of the molecule is C[C@H](Oc1ccc2ccccc2c1)c1nn2c(CN3CCOCC3)nnc2s1. The monoisotopic (exact) mass is 395 g/mol. The maximum atomic E-state index is 6.16. The van der Waals surface area contributed by atoms with Crippen LogP contribution in [0.1, 0.15) is 23.9 Å². The Morgan fingerprint density at radius 2 is 1.93 bits per heavy atom. The Kier molecular flexibility index (Phi) is 4.67. The third-order valence-electron chi connectivity index (χ3n) is 4.92. The van der Waals surface area contributed by atoms with Gasteiger partial charge in [0.15, 0.2) is 10.8 Å². The van der Waals surface area contributed by atoms with Gasteiger partial charge in [-0.2, -0.15) is 9.61 Å². The highest BCUT2D eigenvalue weighted by atomic mass is 32.1. The summed E-state index contributed by atoms with van der Waals surface area (Å²) >= 11 is 1.52. The average molecular weight is 395 g/mol. The zero-order valence-electron chi connectivity index (χ0n) is 15.6. The Morgan fingerprint density at radius 1 is 1.11 bits per heavy atom. The van der Waals surface area contributed by atoms with E-state index in [1.807, 2.05) is 29.6 Å². The number of aromatic nitrogens is 4. The first-order valence-electron chi connectivity index (χ1n) is 9.43. The summed E-state index contributed by atoms with van der Waals surface area (Å²) in [6.45, 7) is 6.10. The smallest absolute Gasteiger partial charge is 0.234 e. The third kappa shape index (κ3) is 3.46. The minimum Gasteiger partial charge on any atom is -0.483 e. The van der Waals surface area contributed by atoms with E-state index in [2.05, 4.69) is 39.4 Å². The third-order valence-corrected chi connectivity index (χ3v) is 5.98. The van der Waals surface area contributed by atoms with Crippen LogP contribution in [0.5, 0.6) is 5.75 Å². The molecule has 1 aliphatic rings. The number of rotatable bonds is 5. The zero-order chi connectivity index (χ0) is 18.9. The maximum Gasteiger partial charge on any atom is 0.234 e. The minimum absolute atomic E-state index is 0.163. The molecule has 7 nitrogen and oxygen atoms in total. The highest BCUT2D eigenvalue weighted by molar-refractivity contribution is 7.16. The molecule has 1 fully saturated rings. The van der Waals surface area contributed by atoms with Crippen molar-refractivity contribution >= 4 is 27.1 Å². The lowest BCUT2D eigenvalue weighted by Gasteiger charge is -2.25. The Morgan fingerprint density at radius 3 is 2.79 bits per heavy atom. The van der Waals surface area contributed by atoms with Gasteiger partial charge in [0, 0.05) is 13.1 Å². The van der Waals surface area contributed by atoms with E-state index in [0.717, 1.165) is 59.8 Å². The van der Waals surface area contributed by atoms with E-state index in [0.29, 0.717) is 0 Å². The fraction of sp³-hybridized carbons (Fsp3) is 0.350. The van der Waals surface area contributed by atoms with Crippen LogP contribution in [0, 0.1) is 0 Å². The van der Waals surface area contributed by atoms with Crippen LogP contribution in [0.3, 0.4) is 0 Å². The molecule has 5 rings (SSSR count). The quantitative estimate of drug-likeness (QED) is 0.517. The van der Waals surface area contributed by atoms with Crippen LogP contribution in [0.25, 0.3) is 15.7 Å². The van der Waals surface area contributed by atoms with Crippen LogP contribution < -0.4 is 4.74 Å². The summed E-state index contributed by atoms with van der Waals surface area (Å²) in [6, 6.07) is 14.4. The Hall–Kier alpha value is -2.55. The van der Waals surface area contributed by atoms with Crippen molar-refractivity contribution in [3.8, 4) is 5.75 Å². The zero-order valence-corrected chi connectivity index (χ0v) is 16.4. The van der Waals surface area contributed by atoms with Gasteiger partial charge < -0.3 is 9.47 Å². The molecule has 0 amide bonds. The minimum atomic E-state index is -0.163. The number of fused-ring (bicyclic) bond motifs is 2. The number of hydrogen-bond acceptors (Lipinski definition) is 7. The van der Waals surface area contributed by atoms with Crippen LogP contribution in [0.4, 0.5) is 0 Å². The number of morpholine rings is 1. The molecule has 1 atom stereocenters. The van der Waals surface area contributed by atoms with Gasteiger partial charge >= 0.3 is 0 Å². The predicted octanol–water partition coefficient (Wildman–Crippen LogP) is 3.31. The Labute approximate surface area is 166 Å². The van der Waals surface area contributed by atoms with Crippen molar-refractivity contribution in [2.75, 3.05) is 26.3 Å². The number of hydrogen-bond donors (Lipinski definition) is 0. The Balaban J connectivity index is 1.34. The molecule has 2 aromatic heterocycles. The van der Waals surface area contributed by atoms with E-state index >= 15 is 0 Å². The summed E-state index contributed by atoms with van der Waals surface area (Å²) in [7, 11) is 0. The van der Waals surface area contributed by atoms with Crippen LogP contribution in [0.15, 0.2) is 42.5 Å². The highest BCUT2D eigenvalue weighted by Gasteiger charge is 2.20. The number of benzene rings is 2. The van der Waals surface area contributed by atoms with Crippen LogP contribution in [-0.2, 0) is 11.3 Å².